The quantitative estimate of drug-likeness (QED) is 0.369. The van der Waals surface area contributed by atoms with Crippen LogP contribution in [0.2, 0.25) is 0 Å². The van der Waals surface area contributed by atoms with E-state index < -0.39 is 0 Å². The Hall–Kier alpha value is -3.84. The third-order valence-electron chi connectivity index (χ3n) is 4.44. The van der Waals surface area contributed by atoms with Gasteiger partial charge >= 0.3 is 0 Å². The number of hydrogen-bond donors (Lipinski definition) is 2. The van der Waals surface area contributed by atoms with Gasteiger partial charge in [-0.1, -0.05) is 30.3 Å². The van der Waals surface area contributed by atoms with Gasteiger partial charge in [-0.05, 0) is 53.6 Å². The molecule has 0 saturated carbocycles. The van der Waals surface area contributed by atoms with Gasteiger partial charge in [0.2, 0.25) is 4.80 Å². The fourth-order valence-electron chi connectivity index (χ4n) is 2.96. The molecule has 2 N–H and O–H groups in total. The van der Waals surface area contributed by atoms with Gasteiger partial charge in [-0.25, -0.2) is 0 Å². The highest BCUT2D eigenvalue weighted by molar-refractivity contribution is 7.07. The molecule has 0 aliphatic rings. The maximum Gasteiger partial charge on any atom is 0.215 e. The first-order valence-corrected chi connectivity index (χ1v) is 10.0. The van der Waals surface area contributed by atoms with E-state index in [1.165, 1.54) is 18.4 Å². The second-order valence-corrected chi connectivity index (χ2v) is 7.23. The molecule has 0 bridgehead atoms. The summed E-state index contributed by atoms with van der Waals surface area (Å²) in [5.41, 5.74) is 3.65. The summed E-state index contributed by atoms with van der Waals surface area (Å²) in [4.78, 5) is 0.682. The van der Waals surface area contributed by atoms with E-state index in [0.29, 0.717) is 10.6 Å². The molecule has 0 spiro atoms. The molecule has 0 fully saturated rings. The molecule has 0 saturated heterocycles. The summed E-state index contributed by atoms with van der Waals surface area (Å²) in [6.45, 7) is 0. The summed E-state index contributed by atoms with van der Waals surface area (Å²) < 4.78 is 7.12. The van der Waals surface area contributed by atoms with Gasteiger partial charge in [-0.2, -0.15) is 5.10 Å². The Labute approximate surface area is 177 Å². The largest absolute Gasteiger partial charge is 0.508 e. The average Bonchev–Trinajstić information content (AvgIpc) is 3.20. The maximum absolute atomic E-state index is 9.72. The number of aromatic hydroxyl groups is 2. The van der Waals surface area contributed by atoms with Crippen LogP contribution in [0.15, 0.2) is 88.4 Å². The molecule has 0 atom stereocenters. The molecule has 0 aliphatic heterocycles. The fraction of sp³-hybridized carbons (Fsp3) is 0.0435. The standard InChI is InChI=1S/C23H19N3O3S/c1-29-22-13-16(7-12-21(22)28)14-24-25-23-26(18-8-10-19(27)11-9-18)20(15-30-23)17-5-3-2-4-6-17/h2-15,27-28H,1H3/b24-14+,25-23-. The number of aromatic nitrogens is 1. The molecule has 1 aromatic heterocycles. The maximum atomic E-state index is 9.72. The smallest absolute Gasteiger partial charge is 0.215 e. The zero-order valence-corrected chi connectivity index (χ0v) is 17.0. The Morgan fingerprint density at radius 2 is 1.73 bits per heavy atom. The van der Waals surface area contributed by atoms with Crippen LogP contribution in [0.5, 0.6) is 17.2 Å². The summed E-state index contributed by atoms with van der Waals surface area (Å²) >= 11 is 1.47. The van der Waals surface area contributed by atoms with Gasteiger partial charge < -0.3 is 14.9 Å². The first kappa shape index (κ1) is 19.5. The number of thiazole rings is 1. The third-order valence-corrected chi connectivity index (χ3v) is 5.26. The van der Waals surface area contributed by atoms with Crippen molar-refractivity contribution in [1.29, 1.82) is 0 Å². The van der Waals surface area contributed by atoms with Crippen molar-refractivity contribution < 1.29 is 14.9 Å². The van der Waals surface area contributed by atoms with Gasteiger partial charge in [-0.3, -0.25) is 4.57 Å². The molecule has 6 nitrogen and oxygen atoms in total. The van der Waals surface area contributed by atoms with Crippen molar-refractivity contribution in [3.8, 4) is 34.2 Å². The number of methoxy groups -OCH3 is 1. The Balaban J connectivity index is 1.78. The highest BCUT2D eigenvalue weighted by atomic mass is 32.1. The summed E-state index contributed by atoms with van der Waals surface area (Å²) in [5, 5.41) is 30.0. The monoisotopic (exact) mass is 417 g/mol. The Morgan fingerprint density at radius 1 is 0.967 bits per heavy atom. The minimum Gasteiger partial charge on any atom is -0.508 e. The molecule has 0 unspecified atom stereocenters. The molecular formula is C23H19N3O3S. The lowest BCUT2D eigenvalue weighted by Gasteiger charge is -2.09. The van der Waals surface area contributed by atoms with E-state index >= 15 is 0 Å². The van der Waals surface area contributed by atoms with Crippen molar-refractivity contribution in [3.63, 3.8) is 0 Å². The van der Waals surface area contributed by atoms with Gasteiger partial charge in [0.25, 0.3) is 0 Å². The number of phenolic OH excluding ortho intramolecular Hbond substituents is 2. The topological polar surface area (TPSA) is 79.3 Å². The van der Waals surface area contributed by atoms with Crippen LogP contribution in [0, 0.1) is 0 Å². The molecule has 150 valence electrons. The van der Waals surface area contributed by atoms with Crippen molar-refractivity contribution in [2.75, 3.05) is 7.11 Å². The lowest BCUT2D eigenvalue weighted by atomic mass is 10.1. The van der Waals surface area contributed by atoms with E-state index in [1.54, 1.807) is 36.5 Å². The van der Waals surface area contributed by atoms with Gasteiger partial charge in [0.05, 0.1) is 19.0 Å². The van der Waals surface area contributed by atoms with E-state index in [9.17, 15) is 10.2 Å². The molecule has 4 rings (SSSR count). The van der Waals surface area contributed by atoms with Crippen molar-refractivity contribution in [1.82, 2.24) is 4.57 Å². The van der Waals surface area contributed by atoms with Crippen LogP contribution in [0.3, 0.4) is 0 Å². The molecule has 0 aliphatic carbocycles. The lowest BCUT2D eigenvalue weighted by Crippen LogP contribution is -2.13. The fourth-order valence-corrected chi connectivity index (χ4v) is 3.82. The molecule has 1 heterocycles. The predicted octanol–water partition coefficient (Wildman–Crippen LogP) is 4.56. The zero-order valence-electron chi connectivity index (χ0n) is 16.1. The third kappa shape index (κ3) is 4.11. The average molecular weight is 417 g/mol. The summed E-state index contributed by atoms with van der Waals surface area (Å²) in [6.07, 6.45) is 1.60. The van der Waals surface area contributed by atoms with Crippen molar-refractivity contribution >= 4 is 17.6 Å². The lowest BCUT2D eigenvalue weighted by molar-refractivity contribution is 0.373. The van der Waals surface area contributed by atoms with Gasteiger partial charge in [0.1, 0.15) is 5.75 Å². The number of nitrogens with zero attached hydrogens (tertiary/aromatic N) is 3. The SMILES string of the molecule is COc1cc(/C=N/N=c2\scc(-c3ccccc3)n2-c2ccc(O)cc2)ccc1O. The van der Waals surface area contributed by atoms with Crippen LogP contribution in [-0.4, -0.2) is 28.1 Å². The first-order valence-electron chi connectivity index (χ1n) is 9.15. The normalized spacial score (nSPS) is 11.8. The van der Waals surface area contributed by atoms with Crippen molar-refractivity contribution in [2.24, 2.45) is 10.2 Å². The van der Waals surface area contributed by atoms with Crippen molar-refractivity contribution in [3.05, 3.63) is 88.5 Å². The number of benzene rings is 3. The minimum absolute atomic E-state index is 0.0718. The molecule has 30 heavy (non-hydrogen) atoms. The number of hydrogen-bond acceptors (Lipinski definition) is 6. The molecule has 4 aromatic rings. The van der Waals surface area contributed by atoms with Crippen LogP contribution >= 0.6 is 11.3 Å². The summed E-state index contributed by atoms with van der Waals surface area (Å²) in [7, 11) is 1.50. The van der Waals surface area contributed by atoms with Gasteiger partial charge in [0, 0.05) is 11.1 Å². The van der Waals surface area contributed by atoms with Crippen LogP contribution in [0.4, 0.5) is 0 Å². The van der Waals surface area contributed by atoms with E-state index in [0.717, 1.165) is 22.5 Å². The van der Waals surface area contributed by atoms with Crippen LogP contribution < -0.4 is 9.54 Å². The van der Waals surface area contributed by atoms with Gasteiger partial charge in [-0.15, -0.1) is 16.4 Å². The van der Waals surface area contributed by atoms with E-state index in [-0.39, 0.29) is 11.5 Å². The van der Waals surface area contributed by atoms with E-state index in [1.807, 2.05) is 52.4 Å². The summed E-state index contributed by atoms with van der Waals surface area (Å²) in [5.74, 6) is 0.650. The number of phenols is 2. The van der Waals surface area contributed by atoms with Crippen LogP contribution in [0.1, 0.15) is 5.56 Å². The Kier molecular flexibility index (Phi) is 5.63. The zero-order chi connectivity index (χ0) is 20.9. The molecule has 3 aromatic carbocycles. The second-order valence-electron chi connectivity index (χ2n) is 6.40. The summed E-state index contributed by atoms with van der Waals surface area (Å²) in [6, 6.07) is 21.9. The van der Waals surface area contributed by atoms with Crippen molar-refractivity contribution in [2.45, 2.75) is 0 Å². The molecular weight excluding hydrogens is 398 g/mol. The Bertz CT molecular complexity index is 1240. The highest BCUT2D eigenvalue weighted by Crippen LogP contribution is 2.26. The number of rotatable bonds is 5. The predicted molar refractivity (Wildman–Crippen MR) is 119 cm³/mol. The van der Waals surface area contributed by atoms with E-state index in [2.05, 4.69) is 10.2 Å². The Morgan fingerprint density at radius 3 is 2.47 bits per heavy atom. The molecule has 0 radical (unpaired) electrons. The van der Waals surface area contributed by atoms with Crippen LogP contribution in [0.25, 0.3) is 16.9 Å². The first-order chi connectivity index (χ1) is 14.7. The van der Waals surface area contributed by atoms with Crippen LogP contribution in [-0.2, 0) is 0 Å². The molecule has 7 heteroatoms. The molecule has 0 amide bonds. The number of ether oxygens (including phenoxy) is 1. The second kappa shape index (κ2) is 8.67. The highest BCUT2D eigenvalue weighted by Gasteiger charge is 2.10. The van der Waals surface area contributed by atoms with Gasteiger partial charge in [0.15, 0.2) is 11.5 Å². The minimum atomic E-state index is 0.0718. The van der Waals surface area contributed by atoms with E-state index in [4.69, 9.17) is 4.74 Å².